The molecule has 0 unspecified atom stereocenters. The summed E-state index contributed by atoms with van der Waals surface area (Å²) in [5.74, 6) is 0.226. The lowest BCUT2D eigenvalue weighted by Gasteiger charge is -2.04. The third kappa shape index (κ3) is 8.83. The molecular weight excluding hydrogens is 180 g/mol. The molecule has 5 N–H and O–H groups in total. The number of hydrogen-bond donors (Lipinski definition) is 3. The van der Waals surface area contributed by atoms with Gasteiger partial charge in [-0.2, -0.15) is 0 Å². The minimum Gasteiger partial charge on any atom is -0.370 e. The minimum absolute atomic E-state index is 0.252. The number of nitrogens with one attached hydrogen (secondary N) is 1. The molecule has 0 aromatic carbocycles. The number of carbonyl (C=O) groups is 1. The fourth-order valence-corrected chi connectivity index (χ4v) is 0.929. The number of nitrogens with zero attached hydrogens (tertiary/aromatic N) is 1. The van der Waals surface area contributed by atoms with E-state index in [0.717, 1.165) is 32.4 Å². The predicted molar refractivity (Wildman–Crippen MR) is 57.8 cm³/mol. The zero-order chi connectivity index (χ0) is 10.8. The van der Waals surface area contributed by atoms with Gasteiger partial charge in [-0.1, -0.05) is 6.92 Å². The predicted octanol–water partition coefficient (Wildman–Crippen LogP) is -0.0437. The van der Waals surface area contributed by atoms with Crippen LogP contribution < -0.4 is 16.8 Å². The molecule has 5 nitrogen and oxygen atoms in total. The highest BCUT2D eigenvalue weighted by Crippen LogP contribution is 1.91. The Morgan fingerprint density at radius 2 is 2.07 bits per heavy atom. The first-order chi connectivity index (χ1) is 6.66. The highest BCUT2D eigenvalue weighted by Gasteiger charge is 1.94. The normalized spacial score (nSPS) is 11.4. The Bertz CT molecular complexity index is 191. The van der Waals surface area contributed by atoms with E-state index in [4.69, 9.17) is 11.5 Å². The number of amides is 1. The zero-order valence-electron chi connectivity index (χ0n) is 8.75. The van der Waals surface area contributed by atoms with Crippen LogP contribution in [-0.2, 0) is 4.79 Å². The summed E-state index contributed by atoms with van der Waals surface area (Å²) in [7, 11) is 0. The van der Waals surface area contributed by atoms with Crippen molar-refractivity contribution in [3.05, 3.63) is 0 Å². The molecule has 0 aliphatic rings. The number of aliphatic imine (C=N–C) groups is 1. The molecule has 0 radical (unpaired) electrons. The van der Waals surface area contributed by atoms with Crippen LogP contribution in [0.2, 0.25) is 0 Å². The summed E-state index contributed by atoms with van der Waals surface area (Å²) < 4.78 is 0. The van der Waals surface area contributed by atoms with Crippen molar-refractivity contribution in [2.24, 2.45) is 16.5 Å². The van der Waals surface area contributed by atoms with Gasteiger partial charge in [-0.05, 0) is 19.3 Å². The van der Waals surface area contributed by atoms with Gasteiger partial charge < -0.3 is 16.8 Å². The number of unbranched alkanes of at least 4 members (excludes halogenated alkanes) is 1. The molecule has 0 atom stereocenters. The second-order valence-corrected chi connectivity index (χ2v) is 3.12. The van der Waals surface area contributed by atoms with Gasteiger partial charge in [0, 0.05) is 19.5 Å². The average molecular weight is 200 g/mol. The van der Waals surface area contributed by atoms with Crippen LogP contribution in [0.3, 0.4) is 0 Å². The van der Waals surface area contributed by atoms with Crippen LogP contribution in [0.15, 0.2) is 4.99 Å². The third-order valence-corrected chi connectivity index (χ3v) is 1.66. The van der Waals surface area contributed by atoms with Crippen molar-refractivity contribution in [2.75, 3.05) is 13.1 Å². The first-order valence-corrected chi connectivity index (χ1v) is 4.99. The summed E-state index contributed by atoms with van der Waals surface area (Å²) in [6.45, 7) is 3.54. The van der Waals surface area contributed by atoms with Crippen LogP contribution in [0, 0.1) is 0 Å². The van der Waals surface area contributed by atoms with Gasteiger partial charge in [0.15, 0.2) is 5.96 Å². The van der Waals surface area contributed by atoms with Crippen LogP contribution in [-0.4, -0.2) is 25.0 Å². The summed E-state index contributed by atoms with van der Waals surface area (Å²) in [6.07, 6.45) is 3.10. The minimum atomic E-state index is -0.252. The number of rotatable bonds is 7. The number of primary amides is 1. The van der Waals surface area contributed by atoms with Crippen LogP contribution >= 0.6 is 0 Å². The Morgan fingerprint density at radius 3 is 2.64 bits per heavy atom. The topological polar surface area (TPSA) is 93.5 Å². The summed E-state index contributed by atoms with van der Waals surface area (Å²) in [5.41, 5.74) is 10.5. The standard InChI is InChI=1S/C9H20N4O/c1-2-6-12-9(11)13-7-4-3-5-8(10)14/h2-7H2,1H3,(H2,10,14)(H3,11,12,13). The summed E-state index contributed by atoms with van der Waals surface area (Å²) >= 11 is 0. The van der Waals surface area contributed by atoms with E-state index in [1.165, 1.54) is 0 Å². The highest BCUT2D eigenvalue weighted by atomic mass is 16.1. The van der Waals surface area contributed by atoms with E-state index in [-0.39, 0.29) is 5.91 Å². The van der Waals surface area contributed by atoms with E-state index in [1.54, 1.807) is 0 Å². The first-order valence-electron chi connectivity index (χ1n) is 4.99. The monoisotopic (exact) mass is 200 g/mol. The Kier molecular flexibility index (Phi) is 7.59. The van der Waals surface area contributed by atoms with E-state index in [9.17, 15) is 4.79 Å². The molecule has 5 heteroatoms. The van der Waals surface area contributed by atoms with E-state index < -0.39 is 0 Å². The van der Waals surface area contributed by atoms with E-state index in [2.05, 4.69) is 10.3 Å². The first kappa shape index (κ1) is 12.7. The molecule has 1 amide bonds. The van der Waals surface area contributed by atoms with Gasteiger partial charge in [0.25, 0.3) is 0 Å². The van der Waals surface area contributed by atoms with E-state index >= 15 is 0 Å². The molecular formula is C9H20N4O. The maximum atomic E-state index is 10.4. The largest absolute Gasteiger partial charge is 0.370 e. The van der Waals surface area contributed by atoms with E-state index in [1.807, 2.05) is 6.92 Å². The lowest BCUT2D eigenvalue weighted by molar-refractivity contribution is -0.118. The number of nitrogens with two attached hydrogens (primary N) is 2. The zero-order valence-corrected chi connectivity index (χ0v) is 8.75. The molecule has 0 spiro atoms. The van der Waals surface area contributed by atoms with Gasteiger partial charge in [-0.15, -0.1) is 0 Å². The number of guanidine groups is 1. The number of hydrogen-bond acceptors (Lipinski definition) is 2. The molecule has 0 aliphatic heterocycles. The summed E-state index contributed by atoms with van der Waals surface area (Å²) in [4.78, 5) is 14.5. The molecule has 82 valence electrons. The average Bonchev–Trinajstić information content (AvgIpc) is 2.13. The molecule has 0 bridgehead atoms. The van der Waals surface area contributed by atoms with Crippen molar-refractivity contribution in [3.8, 4) is 0 Å². The van der Waals surface area contributed by atoms with Gasteiger partial charge in [0.05, 0.1) is 0 Å². The fraction of sp³-hybridized carbons (Fsp3) is 0.778. The van der Waals surface area contributed by atoms with E-state index in [0.29, 0.717) is 12.4 Å². The molecule has 0 saturated heterocycles. The van der Waals surface area contributed by atoms with Crippen molar-refractivity contribution in [3.63, 3.8) is 0 Å². The second kappa shape index (κ2) is 8.34. The van der Waals surface area contributed by atoms with Crippen LogP contribution in [0.5, 0.6) is 0 Å². The Hall–Kier alpha value is -1.26. The third-order valence-electron chi connectivity index (χ3n) is 1.66. The molecule has 0 rings (SSSR count). The second-order valence-electron chi connectivity index (χ2n) is 3.12. The molecule has 0 aromatic heterocycles. The fourth-order valence-electron chi connectivity index (χ4n) is 0.929. The maximum absolute atomic E-state index is 10.4. The van der Waals surface area contributed by atoms with Gasteiger partial charge in [0.2, 0.25) is 5.91 Å². The van der Waals surface area contributed by atoms with Crippen molar-refractivity contribution in [2.45, 2.75) is 32.6 Å². The Morgan fingerprint density at radius 1 is 1.36 bits per heavy atom. The van der Waals surface area contributed by atoms with Crippen molar-refractivity contribution < 1.29 is 4.79 Å². The van der Waals surface area contributed by atoms with Gasteiger partial charge in [-0.3, -0.25) is 9.79 Å². The van der Waals surface area contributed by atoms with Gasteiger partial charge >= 0.3 is 0 Å². The van der Waals surface area contributed by atoms with Gasteiger partial charge in [-0.25, -0.2) is 0 Å². The molecule has 0 aliphatic carbocycles. The lowest BCUT2D eigenvalue weighted by Crippen LogP contribution is -2.32. The summed E-state index contributed by atoms with van der Waals surface area (Å²) in [5, 5.41) is 2.97. The lowest BCUT2D eigenvalue weighted by atomic mass is 10.2. The van der Waals surface area contributed by atoms with Crippen LogP contribution in [0.4, 0.5) is 0 Å². The number of carbonyl (C=O) groups excluding carboxylic acids is 1. The smallest absolute Gasteiger partial charge is 0.217 e. The van der Waals surface area contributed by atoms with Crippen LogP contribution in [0.1, 0.15) is 32.6 Å². The molecule has 14 heavy (non-hydrogen) atoms. The van der Waals surface area contributed by atoms with Crippen molar-refractivity contribution in [1.82, 2.24) is 5.32 Å². The van der Waals surface area contributed by atoms with Crippen molar-refractivity contribution in [1.29, 1.82) is 0 Å². The maximum Gasteiger partial charge on any atom is 0.217 e. The van der Waals surface area contributed by atoms with Crippen molar-refractivity contribution >= 4 is 11.9 Å². The van der Waals surface area contributed by atoms with Crippen LogP contribution in [0.25, 0.3) is 0 Å². The quantitative estimate of drug-likeness (QED) is 0.306. The van der Waals surface area contributed by atoms with Gasteiger partial charge in [0.1, 0.15) is 0 Å². The molecule has 0 heterocycles. The molecule has 0 saturated carbocycles. The molecule has 0 aromatic rings. The Balaban J connectivity index is 3.31. The SMILES string of the molecule is CCCN=C(N)NCCCCC(N)=O. The highest BCUT2D eigenvalue weighted by molar-refractivity contribution is 5.77. The molecule has 0 fully saturated rings. The Labute approximate surface area is 84.9 Å². The summed E-state index contributed by atoms with van der Waals surface area (Å²) in [6, 6.07) is 0.